The molecule has 14 nitrogen and oxygen atoms in total. The van der Waals surface area contributed by atoms with Crippen molar-refractivity contribution in [3.63, 3.8) is 0 Å². The summed E-state index contributed by atoms with van der Waals surface area (Å²) in [5, 5.41) is 20.2. The Morgan fingerprint density at radius 2 is 1.07 bits per heavy atom. The molecule has 0 saturated heterocycles. The zero-order valence-electron chi connectivity index (χ0n) is 35.6. The lowest BCUT2D eigenvalue weighted by atomic mass is 10.1. The molecule has 0 bridgehead atoms. The Hall–Kier alpha value is -5.55. The first-order valence-electron chi connectivity index (χ1n) is 18.5. The highest BCUT2D eigenvalue weighted by atomic mass is 79.9. The monoisotopic (exact) mass is 952 g/mol. The molecule has 3 N–H and O–H groups in total. The Kier molecular flexibility index (Phi) is 20.1. The number of carbonyl (C=O) groups excluding carboxylic acids is 5. The van der Waals surface area contributed by atoms with E-state index in [1.165, 1.54) is 0 Å². The number of ether oxygens (including phenoxy) is 1. The van der Waals surface area contributed by atoms with Gasteiger partial charge in [-0.15, -0.1) is 0 Å². The molecule has 0 aliphatic heterocycles. The maximum Gasteiger partial charge on any atom is 0.412 e. The van der Waals surface area contributed by atoms with Crippen LogP contribution in [-0.2, 0) is 40.0 Å². The number of amides is 1. The molecule has 0 saturated carbocycles. The van der Waals surface area contributed by atoms with Crippen LogP contribution in [0.15, 0.2) is 113 Å². The van der Waals surface area contributed by atoms with Gasteiger partial charge in [-0.25, -0.2) is 4.79 Å². The van der Waals surface area contributed by atoms with Gasteiger partial charge in [0, 0.05) is 106 Å². The van der Waals surface area contributed by atoms with Crippen LogP contribution in [0.4, 0.5) is 10.5 Å². The first-order chi connectivity index (χ1) is 28.1. The second-order valence-corrected chi connectivity index (χ2v) is 16.2. The fraction of sp³-hybridized carbons (Fsp3) is 0.295. The maximum absolute atomic E-state index is 11.7. The Morgan fingerprint density at radius 3 is 1.40 bits per heavy atom. The SMILES string of the molecule is CC(=O)c1cc(Br)cn1C.CC(=O)c1cccn1C.Cn1cc(-c2ccc(NC(=O)OC(C)(C)C)cc2)cc1C(=O)CO.Cn1cc(Br)cc1C(=O)CO.Cn1cccc1. The van der Waals surface area contributed by atoms with E-state index in [1.807, 2.05) is 104 Å². The first kappa shape index (κ1) is 50.6. The van der Waals surface area contributed by atoms with Gasteiger partial charge in [0.05, 0.1) is 22.8 Å². The van der Waals surface area contributed by atoms with E-state index in [4.69, 9.17) is 14.9 Å². The number of nitrogens with zero attached hydrogens (tertiary/aromatic N) is 5. The van der Waals surface area contributed by atoms with Gasteiger partial charge in [-0.1, -0.05) is 12.1 Å². The molecule has 6 aromatic rings. The number of Topliss-reactive ketones (excluding diaryl/α,β-unsaturated/α-hetero) is 4. The lowest BCUT2D eigenvalue weighted by molar-refractivity contribution is 0.0635. The lowest BCUT2D eigenvalue weighted by Gasteiger charge is -2.19. The third-order valence-corrected chi connectivity index (χ3v) is 8.96. The minimum absolute atomic E-state index is 0.0909. The summed E-state index contributed by atoms with van der Waals surface area (Å²) < 4.78 is 15.9. The quantitative estimate of drug-likeness (QED) is 0.128. The number of rotatable bonds is 8. The van der Waals surface area contributed by atoms with E-state index in [9.17, 15) is 24.0 Å². The summed E-state index contributed by atoms with van der Waals surface area (Å²) in [4.78, 5) is 55.9. The summed E-state index contributed by atoms with van der Waals surface area (Å²) >= 11 is 6.50. The van der Waals surface area contributed by atoms with Crippen molar-refractivity contribution in [2.45, 2.75) is 40.2 Å². The number of aryl methyl sites for hydroxylation is 5. The molecule has 1 aromatic carbocycles. The van der Waals surface area contributed by atoms with Crippen LogP contribution in [0.2, 0.25) is 0 Å². The van der Waals surface area contributed by atoms with Crippen molar-refractivity contribution in [1.29, 1.82) is 0 Å². The molecule has 5 heterocycles. The number of aliphatic hydroxyl groups is 2. The Balaban J connectivity index is 0.000000286. The van der Waals surface area contributed by atoms with Crippen molar-refractivity contribution in [3.8, 4) is 11.1 Å². The van der Waals surface area contributed by atoms with Crippen molar-refractivity contribution in [2.75, 3.05) is 18.5 Å². The number of aliphatic hydroxyl groups excluding tert-OH is 2. The predicted molar refractivity (Wildman–Crippen MR) is 241 cm³/mol. The molecule has 0 unspecified atom stereocenters. The molecule has 0 aliphatic rings. The Bertz CT molecular complexity index is 2320. The normalized spacial score (nSPS) is 10.3. The molecule has 322 valence electrons. The average Bonchev–Trinajstić information content (AvgIpc) is 4.02. The fourth-order valence-corrected chi connectivity index (χ4v) is 6.30. The topological polar surface area (TPSA) is 172 Å². The Morgan fingerprint density at radius 1 is 0.600 bits per heavy atom. The van der Waals surface area contributed by atoms with Crippen LogP contribution in [0, 0.1) is 0 Å². The molecule has 60 heavy (non-hydrogen) atoms. The predicted octanol–water partition coefficient (Wildman–Crippen LogP) is 8.42. The van der Waals surface area contributed by atoms with Gasteiger partial charge >= 0.3 is 6.09 Å². The number of benzene rings is 1. The van der Waals surface area contributed by atoms with Crippen LogP contribution in [-0.4, -0.2) is 81.1 Å². The highest BCUT2D eigenvalue weighted by Gasteiger charge is 2.17. The zero-order chi connectivity index (χ0) is 45.3. The van der Waals surface area contributed by atoms with Crippen molar-refractivity contribution >= 4 is 66.8 Å². The second kappa shape index (κ2) is 23.9. The smallest absolute Gasteiger partial charge is 0.412 e. The molecule has 0 fully saturated rings. The largest absolute Gasteiger partial charge is 0.444 e. The summed E-state index contributed by atoms with van der Waals surface area (Å²) in [5.74, 6) is -0.388. The van der Waals surface area contributed by atoms with Crippen molar-refractivity contribution in [2.24, 2.45) is 35.2 Å². The van der Waals surface area contributed by atoms with Gasteiger partial charge in [0.25, 0.3) is 0 Å². The van der Waals surface area contributed by atoms with Crippen molar-refractivity contribution in [3.05, 3.63) is 136 Å². The van der Waals surface area contributed by atoms with Gasteiger partial charge in [-0.05, 0) is 113 Å². The molecule has 6 rings (SSSR count). The van der Waals surface area contributed by atoms with Gasteiger partial charge in [0.1, 0.15) is 18.8 Å². The van der Waals surface area contributed by atoms with Crippen LogP contribution < -0.4 is 5.32 Å². The number of nitrogens with one attached hydrogen (secondary N) is 1. The first-order valence-corrected chi connectivity index (χ1v) is 20.0. The number of ketones is 4. The number of carbonyl (C=O) groups is 5. The number of hydrogen-bond acceptors (Lipinski definition) is 8. The number of hydrogen-bond donors (Lipinski definition) is 3. The minimum Gasteiger partial charge on any atom is -0.444 e. The van der Waals surface area contributed by atoms with Gasteiger partial charge < -0.3 is 37.8 Å². The van der Waals surface area contributed by atoms with E-state index < -0.39 is 24.9 Å². The molecular weight excluding hydrogens is 900 g/mol. The van der Waals surface area contributed by atoms with Crippen LogP contribution in [0.1, 0.15) is 76.6 Å². The van der Waals surface area contributed by atoms with Crippen LogP contribution in [0.25, 0.3) is 11.1 Å². The van der Waals surface area contributed by atoms with E-state index in [-0.39, 0.29) is 23.1 Å². The lowest BCUT2D eigenvalue weighted by Crippen LogP contribution is -2.27. The molecule has 0 radical (unpaired) electrons. The van der Waals surface area contributed by atoms with Crippen LogP contribution >= 0.6 is 31.9 Å². The molecule has 16 heteroatoms. The number of halogens is 2. The van der Waals surface area contributed by atoms with Gasteiger partial charge in [-0.2, -0.15) is 0 Å². The highest BCUT2D eigenvalue weighted by molar-refractivity contribution is 9.10. The molecular formula is C44H54Br2N6O8. The zero-order valence-corrected chi connectivity index (χ0v) is 38.7. The minimum atomic E-state index is -0.552. The fourth-order valence-electron chi connectivity index (χ4n) is 5.25. The molecule has 0 aliphatic carbocycles. The molecule has 0 spiro atoms. The molecule has 1 amide bonds. The van der Waals surface area contributed by atoms with Gasteiger partial charge in [0.2, 0.25) is 11.6 Å². The third-order valence-electron chi connectivity index (χ3n) is 8.09. The second-order valence-electron chi connectivity index (χ2n) is 14.4. The van der Waals surface area contributed by atoms with Crippen molar-refractivity contribution in [1.82, 2.24) is 22.8 Å². The van der Waals surface area contributed by atoms with E-state index in [1.54, 1.807) is 92.9 Å². The summed E-state index contributed by atoms with van der Waals surface area (Å²) in [6.07, 6.45) is 10.8. The summed E-state index contributed by atoms with van der Waals surface area (Å²) in [6.45, 7) is 7.57. The van der Waals surface area contributed by atoms with E-state index >= 15 is 0 Å². The van der Waals surface area contributed by atoms with E-state index in [0.29, 0.717) is 17.1 Å². The summed E-state index contributed by atoms with van der Waals surface area (Å²) in [6, 6.07) is 20.1. The molecule has 5 aromatic heterocycles. The number of aromatic nitrogens is 5. The summed E-state index contributed by atoms with van der Waals surface area (Å²) in [7, 11) is 9.22. The van der Waals surface area contributed by atoms with Crippen molar-refractivity contribution < 1.29 is 38.9 Å². The maximum atomic E-state index is 11.7. The van der Waals surface area contributed by atoms with E-state index in [0.717, 1.165) is 31.5 Å². The van der Waals surface area contributed by atoms with E-state index in [2.05, 4.69) is 37.2 Å². The number of anilines is 1. The highest BCUT2D eigenvalue weighted by Crippen LogP contribution is 2.24. The Labute approximate surface area is 367 Å². The summed E-state index contributed by atoms with van der Waals surface area (Å²) in [5.41, 5.74) is 4.28. The van der Waals surface area contributed by atoms with Crippen LogP contribution in [0.5, 0.6) is 0 Å². The van der Waals surface area contributed by atoms with Gasteiger partial charge in [0.15, 0.2) is 11.6 Å². The third kappa shape index (κ3) is 17.0. The molecule has 0 atom stereocenters. The van der Waals surface area contributed by atoms with Gasteiger partial charge in [-0.3, -0.25) is 24.5 Å². The average molecular weight is 955 g/mol. The standard InChI is InChI=1S/C18H22N2O4.C7H8BrNO2.C7H8BrNO.C7H9NO.C5H7N/c1-18(2,3)24-17(23)19-14-7-5-12(6-8-14)13-9-15(16(22)11-21)20(4)10-13;1-9-3-5(8)2-6(9)7(11)4-10;1-5(10)7-3-6(8)4-9(7)2;1-6(9)7-4-3-5-8(7)2;1-6-4-2-3-5-6/h5-10,21H,11H2,1-4H3,(H,19,23);2-3,10H,4H2,1H3;3-4H,1-2H3;3-5H,1-2H3;2-5H,1H3. The van der Waals surface area contributed by atoms with Crippen LogP contribution in [0.3, 0.4) is 0 Å².